The number of nitrogens with zero attached hydrogens (tertiary/aromatic N) is 4. The molecule has 0 spiro atoms. The molecule has 2 unspecified atom stereocenters. The fourth-order valence-corrected chi connectivity index (χ4v) is 4.94. The number of aromatic nitrogens is 3. The smallest absolute Gasteiger partial charge is 0.269 e. The molecule has 0 radical (unpaired) electrons. The summed E-state index contributed by atoms with van der Waals surface area (Å²) in [5.41, 5.74) is 1.35. The number of amides is 1. The van der Waals surface area contributed by atoms with Crippen molar-refractivity contribution >= 4 is 22.6 Å². The van der Waals surface area contributed by atoms with E-state index in [1.165, 1.54) is 13.1 Å². The van der Waals surface area contributed by atoms with Gasteiger partial charge >= 0.3 is 0 Å². The lowest BCUT2D eigenvalue weighted by Crippen LogP contribution is -2.53. The molecule has 0 saturated carbocycles. The summed E-state index contributed by atoms with van der Waals surface area (Å²) >= 11 is 0. The topological polar surface area (TPSA) is 94.2 Å². The quantitative estimate of drug-likeness (QED) is 0.587. The number of halogens is 2. The number of hydrogen-bond donors (Lipinski definition) is 2. The summed E-state index contributed by atoms with van der Waals surface area (Å²) in [6.07, 6.45) is 1.86. The van der Waals surface area contributed by atoms with E-state index in [0.717, 1.165) is 12.8 Å². The summed E-state index contributed by atoms with van der Waals surface area (Å²) in [6.45, 7) is 3.16. The average molecular weight is 454 g/mol. The van der Waals surface area contributed by atoms with Gasteiger partial charge < -0.3 is 15.2 Å². The van der Waals surface area contributed by atoms with Crippen LogP contribution in [-0.2, 0) is 6.54 Å². The Bertz CT molecular complexity index is 1300. The normalized spacial score (nSPS) is 20.4. The maximum atomic E-state index is 15.2. The first kappa shape index (κ1) is 21.4. The van der Waals surface area contributed by atoms with Crippen molar-refractivity contribution in [3.8, 4) is 0 Å². The Balaban J connectivity index is 1.37. The minimum Gasteiger partial charge on any atom is -0.365 e. The van der Waals surface area contributed by atoms with Crippen molar-refractivity contribution < 1.29 is 13.6 Å². The summed E-state index contributed by atoms with van der Waals surface area (Å²) in [7, 11) is 1.47. The van der Waals surface area contributed by atoms with Gasteiger partial charge in [0.05, 0.1) is 11.2 Å². The Labute approximate surface area is 188 Å². The standard InChI is InChI=1S/C23H24F2N6O2/c1-12-22(32)29-20-16(27-12)6-3-13(19(20)24)9-31-14-4-5-15(31)11-30(10-14)18-8-7-17(23(33)26-2)28-21(18)25/h3,6-8,14-15H,4-5,9-11H2,1-2H3,(H,26,33)(H,29,32). The van der Waals surface area contributed by atoms with Gasteiger partial charge in [0, 0.05) is 44.3 Å². The van der Waals surface area contributed by atoms with E-state index in [9.17, 15) is 14.0 Å². The van der Waals surface area contributed by atoms with Crippen LogP contribution >= 0.6 is 0 Å². The summed E-state index contributed by atoms with van der Waals surface area (Å²) in [5, 5.41) is 2.44. The summed E-state index contributed by atoms with van der Waals surface area (Å²) in [5.74, 6) is -1.57. The van der Waals surface area contributed by atoms with Crippen molar-refractivity contribution in [3.63, 3.8) is 0 Å². The Morgan fingerprint density at radius 2 is 1.88 bits per heavy atom. The van der Waals surface area contributed by atoms with Crippen molar-refractivity contribution in [3.05, 3.63) is 63.3 Å². The highest BCUT2D eigenvalue weighted by atomic mass is 19.1. The van der Waals surface area contributed by atoms with Gasteiger partial charge in [-0.3, -0.25) is 14.5 Å². The third-order valence-electron chi connectivity index (χ3n) is 6.67. The van der Waals surface area contributed by atoms with Crippen LogP contribution in [0.25, 0.3) is 11.0 Å². The fraction of sp³-hybridized carbons (Fsp3) is 0.391. The number of carbonyl (C=O) groups excluding carboxylic acids is 1. The van der Waals surface area contributed by atoms with E-state index >= 15 is 4.39 Å². The van der Waals surface area contributed by atoms with Gasteiger partial charge in [-0.2, -0.15) is 4.39 Å². The van der Waals surface area contributed by atoms with Crippen molar-refractivity contribution in [2.24, 2.45) is 0 Å². The molecule has 1 aromatic carbocycles. The summed E-state index contributed by atoms with van der Waals surface area (Å²) in [4.78, 5) is 38.4. The number of piperazine rings is 1. The number of H-pyrrole nitrogens is 1. The molecule has 4 heterocycles. The molecule has 5 rings (SSSR count). The van der Waals surface area contributed by atoms with Crippen molar-refractivity contribution in [2.75, 3.05) is 25.0 Å². The second kappa shape index (κ2) is 8.18. The number of fused-ring (bicyclic) bond motifs is 3. The molecule has 3 aromatic rings. The van der Waals surface area contributed by atoms with Gasteiger partial charge in [0.25, 0.3) is 11.5 Å². The van der Waals surface area contributed by atoms with Crippen LogP contribution in [0.15, 0.2) is 29.1 Å². The second-order valence-electron chi connectivity index (χ2n) is 8.63. The molecule has 2 saturated heterocycles. The van der Waals surface area contributed by atoms with Crippen LogP contribution in [0.1, 0.15) is 34.6 Å². The molecule has 2 bridgehead atoms. The van der Waals surface area contributed by atoms with Crippen LogP contribution in [0.4, 0.5) is 14.5 Å². The number of hydrogen-bond acceptors (Lipinski definition) is 6. The van der Waals surface area contributed by atoms with Crippen LogP contribution in [0.3, 0.4) is 0 Å². The van der Waals surface area contributed by atoms with E-state index in [1.54, 1.807) is 25.1 Å². The van der Waals surface area contributed by atoms with Gasteiger partial charge in [-0.05, 0) is 38.0 Å². The highest BCUT2D eigenvalue weighted by molar-refractivity contribution is 5.92. The van der Waals surface area contributed by atoms with Gasteiger partial charge in [-0.15, -0.1) is 0 Å². The maximum Gasteiger partial charge on any atom is 0.269 e. The highest BCUT2D eigenvalue weighted by Crippen LogP contribution is 2.35. The van der Waals surface area contributed by atoms with Crippen LogP contribution in [0.2, 0.25) is 0 Å². The van der Waals surface area contributed by atoms with E-state index in [2.05, 4.69) is 25.2 Å². The largest absolute Gasteiger partial charge is 0.365 e. The predicted octanol–water partition coefficient (Wildman–Crippen LogP) is 2.12. The first-order chi connectivity index (χ1) is 15.9. The first-order valence-electron chi connectivity index (χ1n) is 10.9. The molecule has 2 aliphatic heterocycles. The molecular formula is C23H24F2N6O2. The van der Waals surface area contributed by atoms with Crippen LogP contribution in [0, 0.1) is 18.7 Å². The molecule has 0 aliphatic carbocycles. The van der Waals surface area contributed by atoms with Gasteiger partial charge in [0.2, 0.25) is 5.95 Å². The lowest BCUT2D eigenvalue weighted by Gasteiger charge is -2.42. The molecule has 172 valence electrons. The zero-order valence-corrected chi connectivity index (χ0v) is 18.4. The van der Waals surface area contributed by atoms with Crippen LogP contribution in [-0.4, -0.2) is 58.0 Å². The van der Waals surface area contributed by atoms with E-state index < -0.39 is 23.2 Å². The molecular weight excluding hydrogens is 430 g/mol. The minimum absolute atomic E-state index is 0.0369. The van der Waals surface area contributed by atoms with E-state index in [0.29, 0.717) is 42.1 Å². The maximum absolute atomic E-state index is 15.2. The minimum atomic E-state index is -0.670. The number of anilines is 1. The number of aromatic amines is 1. The lowest BCUT2D eigenvalue weighted by molar-refractivity contribution is 0.0957. The third kappa shape index (κ3) is 3.74. The number of aryl methyl sites for hydroxylation is 1. The van der Waals surface area contributed by atoms with Crippen molar-refractivity contribution in [1.82, 2.24) is 25.2 Å². The van der Waals surface area contributed by atoms with Gasteiger partial charge in [-0.1, -0.05) is 6.07 Å². The Hall–Kier alpha value is -3.40. The molecule has 2 N–H and O–H groups in total. The zero-order chi connectivity index (χ0) is 23.3. The number of rotatable bonds is 4. The van der Waals surface area contributed by atoms with Crippen molar-refractivity contribution in [1.29, 1.82) is 0 Å². The highest BCUT2D eigenvalue weighted by Gasteiger charge is 2.41. The molecule has 8 nitrogen and oxygen atoms in total. The van der Waals surface area contributed by atoms with Crippen LogP contribution < -0.4 is 15.8 Å². The van der Waals surface area contributed by atoms with Gasteiger partial charge in [0.1, 0.15) is 16.9 Å². The molecule has 33 heavy (non-hydrogen) atoms. The molecule has 2 aromatic heterocycles. The van der Waals surface area contributed by atoms with Crippen LogP contribution in [0.5, 0.6) is 0 Å². The van der Waals surface area contributed by atoms with E-state index in [4.69, 9.17) is 0 Å². The van der Waals surface area contributed by atoms with E-state index in [-0.39, 0.29) is 23.3 Å². The Morgan fingerprint density at radius 3 is 2.55 bits per heavy atom. The lowest BCUT2D eigenvalue weighted by atomic mass is 10.1. The zero-order valence-electron chi connectivity index (χ0n) is 18.4. The average Bonchev–Trinajstić information content (AvgIpc) is 3.02. The Morgan fingerprint density at radius 1 is 1.15 bits per heavy atom. The number of pyridine rings is 1. The van der Waals surface area contributed by atoms with Gasteiger partial charge in [0.15, 0.2) is 5.82 Å². The third-order valence-corrected chi connectivity index (χ3v) is 6.67. The van der Waals surface area contributed by atoms with Crippen molar-refractivity contribution in [2.45, 2.75) is 38.4 Å². The monoisotopic (exact) mass is 454 g/mol. The van der Waals surface area contributed by atoms with E-state index in [1.807, 2.05) is 4.90 Å². The Kier molecular flexibility index (Phi) is 5.32. The molecule has 2 fully saturated rings. The molecule has 1 amide bonds. The SMILES string of the molecule is CNC(=O)c1ccc(N2CC3CCC(C2)N3Cc2ccc3nc(C)c(=O)[nH]c3c2F)c(F)n1. The van der Waals surface area contributed by atoms with Gasteiger partial charge in [-0.25, -0.2) is 14.4 Å². The molecule has 2 atom stereocenters. The molecule has 2 aliphatic rings. The molecule has 10 heteroatoms. The number of benzene rings is 1. The summed E-state index contributed by atoms with van der Waals surface area (Å²) < 4.78 is 29.9. The fourth-order valence-electron chi connectivity index (χ4n) is 4.94. The predicted molar refractivity (Wildman–Crippen MR) is 119 cm³/mol. The number of nitrogens with one attached hydrogen (secondary N) is 2. The second-order valence-corrected chi connectivity index (χ2v) is 8.63. The number of carbonyl (C=O) groups is 1. The first-order valence-corrected chi connectivity index (χ1v) is 10.9. The summed E-state index contributed by atoms with van der Waals surface area (Å²) in [6, 6.07) is 6.82.